The van der Waals surface area contributed by atoms with Crippen molar-refractivity contribution in [2.45, 2.75) is 129 Å². The zero-order valence-electron chi connectivity index (χ0n) is 29.7. The van der Waals surface area contributed by atoms with Crippen molar-refractivity contribution in [2.75, 3.05) is 20.2 Å². The number of nitrogens with two attached hydrogens (primary N) is 1. The number of phenolic OH excluding ortho intramolecular Hbond substituents is 1. The molecule has 47 heavy (non-hydrogen) atoms. The smallest absolute Gasteiger partial charge is 0.305 e. The SMILES string of the molecule is [2H]N[C@@H](Cc1c(C)cc(O)cc1C)C(=O)N[C@@H](CCCC)C(=O)NCC(=O)N[C@@H](CC1CCCCC1)C(=O)NCCCCCC(=O)OC. The van der Waals surface area contributed by atoms with Crippen LogP contribution in [0.2, 0.25) is 1.41 Å². The fourth-order valence-corrected chi connectivity index (χ4v) is 6.07. The molecule has 0 saturated heterocycles. The number of benzene rings is 1. The van der Waals surface area contributed by atoms with E-state index in [4.69, 9.17) is 1.41 Å². The van der Waals surface area contributed by atoms with Crippen molar-refractivity contribution in [3.8, 4) is 5.75 Å². The Morgan fingerprint density at radius 1 is 0.936 bits per heavy atom. The molecule has 1 saturated carbocycles. The normalized spacial score (nSPS) is 15.4. The van der Waals surface area contributed by atoms with Gasteiger partial charge in [0, 0.05) is 13.0 Å². The number of carbonyl (C=O) groups is 5. The van der Waals surface area contributed by atoms with Crippen LogP contribution in [0.5, 0.6) is 5.75 Å². The first kappa shape index (κ1) is 37.8. The Morgan fingerprint density at radius 3 is 2.26 bits per heavy atom. The zero-order chi connectivity index (χ0) is 35.5. The molecule has 0 spiro atoms. The van der Waals surface area contributed by atoms with Crippen LogP contribution in [0, 0.1) is 19.8 Å². The Bertz CT molecular complexity index is 1180. The average molecular weight is 661 g/mol. The van der Waals surface area contributed by atoms with Gasteiger partial charge in [0.1, 0.15) is 19.2 Å². The molecular weight excluding hydrogens is 602 g/mol. The van der Waals surface area contributed by atoms with Crippen molar-refractivity contribution in [2.24, 2.45) is 11.6 Å². The molecule has 0 bridgehead atoms. The Hall–Kier alpha value is -3.67. The van der Waals surface area contributed by atoms with Crippen LogP contribution in [0.4, 0.5) is 0 Å². The molecule has 1 fully saturated rings. The quantitative estimate of drug-likeness (QED) is 0.0857. The van der Waals surface area contributed by atoms with Gasteiger partial charge in [-0.25, -0.2) is 0 Å². The number of phenols is 1. The molecule has 4 amide bonds. The van der Waals surface area contributed by atoms with E-state index in [0.717, 1.165) is 55.2 Å². The summed E-state index contributed by atoms with van der Waals surface area (Å²) in [5.41, 5.74) is 4.69. The molecule has 1 aliphatic carbocycles. The molecule has 1 aromatic carbocycles. The van der Waals surface area contributed by atoms with Crippen molar-refractivity contribution < 1.29 is 35.2 Å². The van der Waals surface area contributed by atoms with E-state index >= 15 is 0 Å². The lowest BCUT2D eigenvalue weighted by molar-refractivity contribution is -0.140. The minimum atomic E-state index is -0.945. The van der Waals surface area contributed by atoms with E-state index in [0.29, 0.717) is 51.0 Å². The van der Waals surface area contributed by atoms with Crippen molar-refractivity contribution in [1.29, 1.82) is 0 Å². The predicted octanol–water partition coefficient (Wildman–Crippen LogP) is 2.97. The monoisotopic (exact) mass is 660 g/mol. The first-order chi connectivity index (χ1) is 23.0. The maximum Gasteiger partial charge on any atom is 0.305 e. The van der Waals surface area contributed by atoms with Crippen LogP contribution in [-0.2, 0) is 35.1 Å². The van der Waals surface area contributed by atoms with E-state index in [-0.39, 0.29) is 30.6 Å². The van der Waals surface area contributed by atoms with Crippen molar-refractivity contribution in [3.05, 3.63) is 28.8 Å². The summed E-state index contributed by atoms with van der Waals surface area (Å²) in [6.45, 7) is 5.68. The highest BCUT2D eigenvalue weighted by atomic mass is 16.5. The Kier molecular flexibility index (Phi) is 17.1. The van der Waals surface area contributed by atoms with Gasteiger partial charge in [-0.3, -0.25) is 24.0 Å². The van der Waals surface area contributed by atoms with E-state index in [9.17, 15) is 29.1 Å². The van der Waals surface area contributed by atoms with Gasteiger partial charge in [-0.1, -0.05) is 58.3 Å². The Labute approximate surface area is 281 Å². The van der Waals surface area contributed by atoms with Crippen molar-refractivity contribution >= 4 is 29.6 Å². The summed E-state index contributed by atoms with van der Waals surface area (Å²) in [7, 11) is 1.36. The van der Waals surface area contributed by atoms with Gasteiger partial charge in [0.15, 0.2) is 0 Å². The fraction of sp³-hybridized carbons (Fsp3) is 0.686. The molecule has 264 valence electrons. The fourth-order valence-electron chi connectivity index (χ4n) is 6.07. The second kappa shape index (κ2) is 21.3. The molecule has 0 aliphatic heterocycles. The van der Waals surface area contributed by atoms with Crippen molar-refractivity contribution in [1.82, 2.24) is 21.3 Å². The molecule has 12 nitrogen and oxygen atoms in total. The summed E-state index contributed by atoms with van der Waals surface area (Å²) in [6, 6.07) is 0.605. The number of hydrogen-bond acceptors (Lipinski definition) is 8. The van der Waals surface area contributed by atoms with E-state index < -0.39 is 35.8 Å². The molecular formula is C35H57N5O7. The number of amides is 4. The molecule has 1 aromatic rings. The summed E-state index contributed by atoms with van der Waals surface area (Å²) in [5, 5.41) is 21.0. The Morgan fingerprint density at radius 2 is 1.62 bits per heavy atom. The lowest BCUT2D eigenvalue weighted by Gasteiger charge is -2.27. The van der Waals surface area contributed by atoms with Gasteiger partial charge in [-0.2, -0.15) is 0 Å². The molecule has 0 radical (unpaired) electrons. The van der Waals surface area contributed by atoms with Crippen LogP contribution in [-0.4, -0.2) is 73.0 Å². The predicted molar refractivity (Wildman–Crippen MR) is 180 cm³/mol. The topological polar surface area (TPSA) is 189 Å². The summed E-state index contributed by atoms with van der Waals surface area (Å²) in [6.07, 6.45) is 10.3. The molecule has 2 rings (SSSR count). The maximum absolute atomic E-state index is 13.2. The van der Waals surface area contributed by atoms with Gasteiger partial charge in [0.05, 0.1) is 19.7 Å². The van der Waals surface area contributed by atoms with Gasteiger partial charge < -0.3 is 36.8 Å². The average Bonchev–Trinajstić information content (AvgIpc) is 3.06. The van der Waals surface area contributed by atoms with Crippen LogP contribution in [0.25, 0.3) is 0 Å². The van der Waals surface area contributed by atoms with E-state index in [2.05, 4.69) is 31.7 Å². The standard InChI is InChI=1S/C35H57N5O7/c1-5-6-15-29(40-33(44)28(36)21-27-23(2)18-26(41)19-24(27)3)34(45)38-22-31(42)39-30(20-25-13-9-7-10-14-25)35(46)37-17-12-8-11-16-32(43)47-4/h18-19,25,28-30,41H,5-17,20-22,36H2,1-4H3,(H,37,46)(H,38,45)(H,39,42)(H,40,44)/t28-,29-,30-/m0/s1/i/hD. The summed E-state index contributed by atoms with van der Waals surface area (Å²) < 4.78 is 12.4. The van der Waals surface area contributed by atoms with Crippen LogP contribution in [0.1, 0.15) is 107 Å². The van der Waals surface area contributed by atoms with Crippen LogP contribution >= 0.6 is 0 Å². The van der Waals surface area contributed by atoms with Crippen molar-refractivity contribution in [3.63, 3.8) is 0 Å². The first-order valence-electron chi connectivity index (χ1n) is 17.7. The number of ether oxygens (including phenoxy) is 1. The third-order valence-corrected chi connectivity index (χ3v) is 8.84. The zero-order valence-corrected chi connectivity index (χ0v) is 28.7. The summed E-state index contributed by atoms with van der Waals surface area (Å²) in [4.78, 5) is 63.9. The number of aromatic hydroxyl groups is 1. The van der Waals surface area contributed by atoms with E-state index in [1.165, 1.54) is 13.5 Å². The molecule has 12 heteroatoms. The third kappa shape index (κ3) is 14.7. The maximum atomic E-state index is 13.2. The van der Waals surface area contributed by atoms with Gasteiger partial charge >= 0.3 is 5.97 Å². The lowest BCUT2D eigenvalue weighted by Crippen LogP contribution is -2.54. The number of aryl methyl sites for hydroxylation is 2. The number of unbranched alkanes of at least 4 members (excludes halogenated alkanes) is 3. The van der Waals surface area contributed by atoms with E-state index in [1.54, 1.807) is 12.1 Å². The second-order valence-corrected chi connectivity index (χ2v) is 12.8. The first-order valence-corrected chi connectivity index (χ1v) is 17.2. The number of rotatable bonds is 21. The highest BCUT2D eigenvalue weighted by Gasteiger charge is 2.28. The number of hydrogen-bond donors (Lipinski definition) is 6. The highest BCUT2D eigenvalue weighted by Crippen LogP contribution is 2.27. The third-order valence-electron chi connectivity index (χ3n) is 8.84. The van der Waals surface area contributed by atoms with Crippen LogP contribution in [0.15, 0.2) is 12.1 Å². The molecule has 3 atom stereocenters. The van der Waals surface area contributed by atoms with Crippen LogP contribution in [0.3, 0.4) is 0 Å². The lowest BCUT2D eigenvalue weighted by atomic mass is 9.84. The minimum Gasteiger partial charge on any atom is -0.508 e. The molecule has 7 N–H and O–H groups in total. The Balaban J connectivity index is 1.97. The van der Waals surface area contributed by atoms with Gasteiger partial charge in [-0.15, -0.1) is 0 Å². The number of esters is 1. The van der Waals surface area contributed by atoms with Gasteiger partial charge in [-0.05, 0) is 80.7 Å². The molecule has 0 unspecified atom stereocenters. The number of methoxy groups -OCH3 is 1. The minimum absolute atomic E-state index is 0.124. The molecule has 0 aromatic heterocycles. The number of nitrogens with one attached hydrogen (secondary N) is 4. The molecule has 1 aliphatic rings. The molecule has 0 heterocycles. The van der Waals surface area contributed by atoms with Gasteiger partial charge in [0.2, 0.25) is 23.6 Å². The number of carbonyl (C=O) groups excluding carboxylic acids is 5. The van der Waals surface area contributed by atoms with Gasteiger partial charge in [0.25, 0.3) is 0 Å². The summed E-state index contributed by atoms with van der Waals surface area (Å²) in [5.74, 6) is -1.62. The van der Waals surface area contributed by atoms with Crippen LogP contribution < -0.4 is 27.0 Å². The highest BCUT2D eigenvalue weighted by molar-refractivity contribution is 5.93. The summed E-state index contributed by atoms with van der Waals surface area (Å²) >= 11 is 0. The second-order valence-electron chi connectivity index (χ2n) is 12.8. The largest absolute Gasteiger partial charge is 0.508 e. The van der Waals surface area contributed by atoms with E-state index in [1.807, 2.05) is 20.8 Å².